The highest BCUT2D eigenvalue weighted by molar-refractivity contribution is 6.03. The number of carbonyl (C=O) groups is 1. The molecule has 7 heteroatoms. The molecule has 0 saturated heterocycles. The van der Waals surface area contributed by atoms with Crippen LogP contribution >= 0.6 is 0 Å². The van der Waals surface area contributed by atoms with Crippen LogP contribution in [-0.2, 0) is 11.2 Å². The molecular weight excluding hydrogens is 493 g/mol. The lowest BCUT2D eigenvalue weighted by molar-refractivity contribution is -0.137. The van der Waals surface area contributed by atoms with Gasteiger partial charge in [-0.1, -0.05) is 43.3 Å². The van der Waals surface area contributed by atoms with Crippen molar-refractivity contribution >= 4 is 17.4 Å². The summed E-state index contributed by atoms with van der Waals surface area (Å²) in [6.07, 6.45) is 2.41. The van der Waals surface area contributed by atoms with Gasteiger partial charge < -0.3 is 9.84 Å². The van der Waals surface area contributed by atoms with Crippen molar-refractivity contribution in [3.8, 4) is 16.9 Å². The maximum absolute atomic E-state index is 14.5. The largest absolute Gasteiger partial charge is 0.497 e. The molecule has 0 bridgehead atoms. The van der Waals surface area contributed by atoms with E-state index in [1.165, 1.54) is 6.07 Å². The van der Waals surface area contributed by atoms with Gasteiger partial charge in [0.15, 0.2) is 0 Å². The molecule has 1 aliphatic heterocycles. The molecule has 3 aromatic carbocycles. The number of pyridine rings is 1. The number of anilines is 1. The molecule has 0 aliphatic carbocycles. The van der Waals surface area contributed by atoms with Crippen LogP contribution < -0.4 is 9.75 Å². The Kier molecular flexibility index (Phi) is 7.41. The fourth-order valence-electron chi connectivity index (χ4n) is 5.07. The average molecular weight is 524 g/mol. The fraction of sp³-hybridized carbons (Fsp3) is 0.219. The summed E-state index contributed by atoms with van der Waals surface area (Å²) in [4.78, 5) is 16.1. The van der Waals surface area contributed by atoms with Crippen LogP contribution in [0.3, 0.4) is 0 Å². The van der Waals surface area contributed by atoms with Crippen LogP contribution in [0.4, 0.5) is 10.1 Å². The Morgan fingerprint density at radius 1 is 1.05 bits per heavy atom. The molecule has 2 atom stereocenters. The number of aliphatic carboxylic acids is 1. The Balaban J connectivity index is 1.37. The van der Waals surface area contributed by atoms with Gasteiger partial charge in [0.05, 0.1) is 36.7 Å². The molecule has 1 N–H and O–H groups in total. The summed E-state index contributed by atoms with van der Waals surface area (Å²) < 4.78 is 19.7. The van der Waals surface area contributed by atoms with Crippen LogP contribution in [0.25, 0.3) is 11.1 Å². The van der Waals surface area contributed by atoms with Crippen LogP contribution in [0.2, 0.25) is 0 Å². The van der Waals surface area contributed by atoms with Crippen molar-refractivity contribution in [3.63, 3.8) is 0 Å². The van der Waals surface area contributed by atoms with Gasteiger partial charge in [0.2, 0.25) is 0 Å². The third-order valence-electron chi connectivity index (χ3n) is 7.27. The third-order valence-corrected chi connectivity index (χ3v) is 7.27. The average Bonchev–Trinajstić information content (AvgIpc) is 3.26. The Bertz CT molecular complexity index is 1520. The van der Waals surface area contributed by atoms with Crippen molar-refractivity contribution in [2.24, 2.45) is 11.0 Å². The molecule has 0 fully saturated rings. The van der Waals surface area contributed by atoms with Gasteiger partial charge in [-0.05, 0) is 78.1 Å². The molecule has 2 heterocycles. The highest BCUT2D eigenvalue weighted by atomic mass is 19.1. The second-order valence-electron chi connectivity index (χ2n) is 9.83. The van der Waals surface area contributed by atoms with Gasteiger partial charge in [0.25, 0.3) is 0 Å². The Labute approximate surface area is 227 Å². The van der Waals surface area contributed by atoms with Crippen molar-refractivity contribution in [1.82, 2.24) is 4.98 Å². The first-order valence-corrected chi connectivity index (χ1v) is 12.9. The van der Waals surface area contributed by atoms with Crippen LogP contribution in [0.15, 0.2) is 90.2 Å². The first kappa shape index (κ1) is 26.1. The van der Waals surface area contributed by atoms with E-state index in [0.717, 1.165) is 39.3 Å². The normalized spacial score (nSPS) is 16.7. The Morgan fingerprint density at radius 2 is 1.85 bits per heavy atom. The topological polar surface area (TPSA) is 75.0 Å². The Morgan fingerprint density at radius 3 is 2.51 bits per heavy atom. The molecule has 1 aromatic heterocycles. The zero-order chi connectivity index (χ0) is 27.5. The molecule has 5 rings (SSSR count). The van der Waals surface area contributed by atoms with E-state index >= 15 is 0 Å². The van der Waals surface area contributed by atoms with Gasteiger partial charge in [-0.3, -0.25) is 14.8 Å². The molecular formula is C32H30FN3O3. The van der Waals surface area contributed by atoms with Crippen molar-refractivity contribution < 1.29 is 19.0 Å². The number of aryl methyl sites for hydroxylation is 1. The number of hydrazone groups is 1. The smallest absolute Gasteiger partial charge is 0.305 e. The molecule has 4 aromatic rings. The summed E-state index contributed by atoms with van der Waals surface area (Å²) >= 11 is 0. The second kappa shape index (κ2) is 11.1. The predicted molar refractivity (Wildman–Crippen MR) is 151 cm³/mol. The number of rotatable bonds is 8. The molecule has 0 saturated carbocycles. The number of benzene rings is 3. The molecule has 0 radical (unpaired) electrons. The number of halogens is 1. The summed E-state index contributed by atoms with van der Waals surface area (Å²) in [6, 6.07) is 24.1. The lowest BCUT2D eigenvalue weighted by Crippen LogP contribution is -2.34. The van der Waals surface area contributed by atoms with Gasteiger partial charge in [-0.15, -0.1) is 0 Å². The molecule has 6 nitrogen and oxygen atoms in total. The summed E-state index contributed by atoms with van der Waals surface area (Å²) in [5, 5.41) is 16.2. The van der Waals surface area contributed by atoms with Crippen molar-refractivity contribution in [1.29, 1.82) is 0 Å². The quantitative estimate of drug-likeness (QED) is 0.285. The highest BCUT2D eigenvalue weighted by Gasteiger charge is 2.37. The van der Waals surface area contributed by atoms with E-state index in [4.69, 9.17) is 9.84 Å². The van der Waals surface area contributed by atoms with E-state index in [2.05, 4.69) is 4.98 Å². The van der Waals surface area contributed by atoms with Gasteiger partial charge in [0, 0.05) is 17.7 Å². The van der Waals surface area contributed by atoms with E-state index in [-0.39, 0.29) is 24.2 Å². The van der Waals surface area contributed by atoms with Crippen LogP contribution in [-0.4, -0.2) is 34.9 Å². The number of aromatic nitrogens is 1. The zero-order valence-corrected chi connectivity index (χ0v) is 22.1. The zero-order valence-electron chi connectivity index (χ0n) is 22.1. The van der Waals surface area contributed by atoms with E-state index in [1.54, 1.807) is 25.4 Å². The van der Waals surface area contributed by atoms with E-state index in [9.17, 15) is 14.3 Å². The number of carboxylic acid groups (broad SMARTS) is 1. The number of nitrogens with zero attached hydrogens (tertiary/aromatic N) is 3. The Hall–Kier alpha value is -4.52. The standard InChI is InChI=1S/C32H30FN3O3/c1-20-16-24(27-18-26(39-3)13-14-28(27)33)10-9-23(20)17-22-7-11-25(12-8-22)36-30(19-31(37)38)21(2)32(35-36)29-6-4-5-15-34-29/h4-16,18,21,30H,17,19H2,1-3H3,(H,37,38). The molecule has 39 heavy (non-hydrogen) atoms. The number of ether oxygens (including phenoxy) is 1. The van der Waals surface area contributed by atoms with Crippen molar-refractivity contribution in [2.75, 3.05) is 12.1 Å². The summed E-state index contributed by atoms with van der Waals surface area (Å²) in [5.41, 5.74) is 7.01. The minimum absolute atomic E-state index is 0.0256. The summed E-state index contributed by atoms with van der Waals surface area (Å²) in [7, 11) is 1.57. The number of hydrogen-bond acceptors (Lipinski definition) is 5. The van der Waals surface area contributed by atoms with Crippen LogP contribution in [0, 0.1) is 18.7 Å². The maximum atomic E-state index is 14.5. The number of carboxylic acids is 1. The minimum atomic E-state index is -0.862. The monoisotopic (exact) mass is 523 g/mol. The fourth-order valence-corrected chi connectivity index (χ4v) is 5.07. The van der Waals surface area contributed by atoms with Gasteiger partial charge in [-0.25, -0.2) is 4.39 Å². The molecule has 2 unspecified atom stereocenters. The molecule has 198 valence electrons. The van der Waals surface area contributed by atoms with E-state index in [1.807, 2.05) is 79.5 Å². The first-order chi connectivity index (χ1) is 18.8. The lowest BCUT2D eigenvalue weighted by atomic mass is 9.92. The maximum Gasteiger partial charge on any atom is 0.305 e. The van der Waals surface area contributed by atoms with E-state index < -0.39 is 5.97 Å². The first-order valence-electron chi connectivity index (χ1n) is 12.9. The van der Waals surface area contributed by atoms with E-state index in [0.29, 0.717) is 17.7 Å². The number of methoxy groups -OCH3 is 1. The minimum Gasteiger partial charge on any atom is -0.497 e. The highest BCUT2D eigenvalue weighted by Crippen LogP contribution is 2.33. The van der Waals surface area contributed by atoms with Crippen molar-refractivity contribution in [2.45, 2.75) is 32.7 Å². The van der Waals surface area contributed by atoms with Crippen molar-refractivity contribution in [3.05, 3.63) is 113 Å². The summed E-state index contributed by atoms with van der Waals surface area (Å²) in [6.45, 7) is 4.03. The third kappa shape index (κ3) is 5.53. The lowest BCUT2D eigenvalue weighted by Gasteiger charge is -2.25. The van der Waals surface area contributed by atoms with Crippen LogP contribution in [0.1, 0.15) is 35.7 Å². The SMILES string of the molecule is COc1ccc(F)c(-c2ccc(Cc3ccc(N4N=C(c5ccccn5)C(C)C4CC(=O)O)cc3)c(C)c2)c1. The second-order valence-corrected chi connectivity index (χ2v) is 9.83. The molecule has 0 spiro atoms. The van der Waals surface area contributed by atoms with Crippen LogP contribution in [0.5, 0.6) is 5.75 Å². The summed E-state index contributed by atoms with van der Waals surface area (Å²) in [5.74, 6) is -0.627. The molecule has 1 aliphatic rings. The molecule has 0 amide bonds. The van der Waals surface area contributed by atoms with Gasteiger partial charge in [-0.2, -0.15) is 5.10 Å². The number of hydrogen-bond donors (Lipinski definition) is 1. The van der Waals surface area contributed by atoms with Gasteiger partial charge in [0.1, 0.15) is 11.6 Å². The predicted octanol–water partition coefficient (Wildman–Crippen LogP) is 6.50. The van der Waals surface area contributed by atoms with Gasteiger partial charge >= 0.3 is 5.97 Å².